The van der Waals surface area contributed by atoms with E-state index < -0.39 is 35.2 Å². The molecule has 1 atom stereocenters. The maximum Gasteiger partial charge on any atom is 0.408 e. The predicted octanol–water partition coefficient (Wildman–Crippen LogP) is 3.26. The van der Waals surface area contributed by atoms with Crippen LogP contribution >= 0.6 is 0 Å². The molecule has 0 unspecified atom stereocenters. The first kappa shape index (κ1) is 17.0. The van der Waals surface area contributed by atoms with E-state index in [1.807, 2.05) is 0 Å². The van der Waals surface area contributed by atoms with Crippen LogP contribution in [-0.2, 0) is 9.53 Å². The minimum absolute atomic E-state index is 0.0654. The summed E-state index contributed by atoms with van der Waals surface area (Å²) in [6.45, 7) is 4.91. The fourth-order valence-electron chi connectivity index (χ4n) is 1.60. The van der Waals surface area contributed by atoms with E-state index in [-0.39, 0.29) is 12.0 Å². The number of carbonyl (C=O) groups excluding carboxylic acids is 2. The topological polar surface area (TPSA) is 55.4 Å². The molecule has 7 heteroatoms. The summed E-state index contributed by atoms with van der Waals surface area (Å²) in [5, 5.41) is 2.32. The molecule has 1 N–H and O–H groups in total. The third-order valence-corrected chi connectivity index (χ3v) is 2.43. The number of alkyl carbamates (subject to hydrolysis) is 1. The second-order valence-electron chi connectivity index (χ2n) is 5.40. The zero-order valence-corrected chi connectivity index (χ0v) is 11.9. The number of ether oxygens (including phenoxy) is 1. The molecule has 0 radical (unpaired) electrons. The van der Waals surface area contributed by atoms with E-state index in [1.54, 1.807) is 20.8 Å². The molecule has 1 amide bonds. The molecule has 1 aromatic carbocycles. The minimum Gasteiger partial charge on any atom is -0.444 e. The van der Waals surface area contributed by atoms with Crippen molar-refractivity contribution in [2.45, 2.75) is 38.8 Å². The SMILES string of the molecule is CC(C)(C)OC(=O)N[C@@H](CC=O)c1cc(F)c(F)c(F)c1. The van der Waals surface area contributed by atoms with Gasteiger partial charge in [0.05, 0.1) is 6.04 Å². The number of hydrogen-bond donors (Lipinski definition) is 1. The number of aldehydes is 1. The van der Waals surface area contributed by atoms with Crippen LogP contribution in [0.2, 0.25) is 0 Å². The lowest BCUT2D eigenvalue weighted by atomic mass is 10.0. The van der Waals surface area contributed by atoms with Crippen molar-refractivity contribution >= 4 is 12.4 Å². The summed E-state index contributed by atoms with van der Waals surface area (Å²) < 4.78 is 44.3. The van der Waals surface area contributed by atoms with Gasteiger partial charge in [-0.3, -0.25) is 0 Å². The van der Waals surface area contributed by atoms with Gasteiger partial charge in [0, 0.05) is 6.42 Å². The van der Waals surface area contributed by atoms with Crippen LogP contribution in [0.15, 0.2) is 12.1 Å². The number of carbonyl (C=O) groups is 2. The molecular weight excluding hydrogens is 287 g/mol. The Morgan fingerprint density at radius 2 is 1.81 bits per heavy atom. The van der Waals surface area contributed by atoms with Crippen molar-refractivity contribution in [2.75, 3.05) is 0 Å². The standard InChI is InChI=1S/C14H16F3NO3/c1-14(2,3)21-13(20)18-11(4-5-19)8-6-9(15)12(17)10(16)7-8/h5-7,11H,4H2,1-3H3,(H,18,20)/t11-/m0/s1. The Balaban J connectivity index is 2.97. The van der Waals surface area contributed by atoms with Crippen molar-refractivity contribution in [3.63, 3.8) is 0 Å². The van der Waals surface area contributed by atoms with Crippen molar-refractivity contribution in [1.82, 2.24) is 5.32 Å². The molecule has 1 rings (SSSR count). The molecule has 0 bridgehead atoms. The summed E-state index contributed by atoms with van der Waals surface area (Å²) in [5.41, 5.74) is -0.834. The van der Waals surface area contributed by atoms with Crippen LogP contribution in [0.3, 0.4) is 0 Å². The van der Waals surface area contributed by atoms with Gasteiger partial charge >= 0.3 is 6.09 Å². The molecule has 0 heterocycles. The first-order chi connectivity index (χ1) is 9.64. The highest BCUT2D eigenvalue weighted by Gasteiger charge is 2.22. The summed E-state index contributed by atoms with van der Waals surface area (Å²) in [4.78, 5) is 22.3. The fourth-order valence-corrected chi connectivity index (χ4v) is 1.60. The van der Waals surface area contributed by atoms with Crippen LogP contribution in [0.4, 0.5) is 18.0 Å². The summed E-state index contributed by atoms with van der Waals surface area (Å²) in [7, 11) is 0. The molecule has 21 heavy (non-hydrogen) atoms. The zero-order chi connectivity index (χ0) is 16.2. The van der Waals surface area contributed by atoms with Crippen molar-refractivity contribution in [3.8, 4) is 0 Å². The van der Waals surface area contributed by atoms with Gasteiger partial charge in [0.25, 0.3) is 0 Å². The Hall–Kier alpha value is -2.05. The van der Waals surface area contributed by atoms with Crippen LogP contribution < -0.4 is 5.32 Å². The van der Waals surface area contributed by atoms with Gasteiger partial charge in [-0.15, -0.1) is 0 Å². The Morgan fingerprint density at radius 1 is 1.29 bits per heavy atom. The van der Waals surface area contributed by atoms with Crippen LogP contribution in [0.1, 0.15) is 38.8 Å². The zero-order valence-electron chi connectivity index (χ0n) is 11.9. The van der Waals surface area contributed by atoms with E-state index in [2.05, 4.69) is 5.32 Å². The molecule has 0 aliphatic carbocycles. The van der Waals surface area contributed by atoms with Crippen LogP contribution in [0.5, 0.6) is 0 Å². The molecule has 0 saturated carbocycles. The van der Waals surface area contributed by atoms with E-state index in [0.29, 0.717) is 6.29 Å². The minimum atomic E-state index is -1.61. The maximum absolute atomic E-state index is 13.2. The van der Waals surface area contributed by atoms with Crippen molar-refractivity contribution in [2.24, 2.45) is 0 Å². The molecule has 0 aliphatic rings. The molecule has 116 valence electrons. The predicted molar refractivity (Wildman–Crippen MR) is 69.1 cm³/mol. The van der Waals surface area contributed by atoms with Crippen molar-refractivity contribution < 1.29 is 27.5 Å². The van der Waals surface area contributed by atoms with Crippen LogP contribution in [-0.4, -0.2) is 18.0 Å². The van der Waals surface area contributed by atoms with Crippen molar-refractivity contribution in [3.05, 3.63) is 35.1 Å². The molecule has 4 nitrogen and oxygen atoms in total. The number of amides is 1. The summed E-state index contributed by atoms with van der Waals surface area (Å²) in [6, 6.07) is 0.440. The van der Waals surface area contributed by atoms with E-state index >= 15 is 0 Å². The van der Waals surface area contributed by atoms with Gasteiger partial charge in [-0.25, -0.2) is 18.0 Å². The summed E-state index contributed by atoms with van der Waals surface area (Å²) >= 11 is 0. The van der Waals surface area contributed by atoms with Gasteiger partial charge in [0.1, 0.15) is 11.9 Å². The number of nitrogens with one attached hydrogen (secondary N) is 1. The summed E-state index contributed by atoms with van der Waals surface area (Å²) in [6.07, 6.45) is -0.607. The summed E-state index contributed by atoms with van der Waals surface area (Å²) in [5.74, 6) is -4.40. The number of hydrogen-bond acceptors (Lipinski definition) is 3. The third kappa shape index (κ3) is 5.09. The smallest absolute Gasteiger partial charge is 0.408 e. The molecule has 0 saturated heterocycles. The number of rotatable bonds is 4. The fraction of sp³-hybridized carbons (Fsp3) is 0.429. The number of benzene rings is 1. The lowest BCUT2D eigenvalue weighted by molar-refractivity contribution is -0.108. The molecule has 0 aromatic heterocycles. The van der Waals surface area contributed by atoms with Gasteiger partial charge in [-0.05, 0) is 38.5 Å². The Bertz CT molecular complexity index is 518. The molecular formula is C14H16F3NO3. The maximum atomic E-state index is 13.2. The van der Waals surface area contributed by atoms with E-state index in [1.165, 1.54) is 0 Å². The lowest BCUT2D eigenvalue weighted by Crippen LogP contribution is -2.35. The van der Waals surface area contributed by atoms with Gasteiger partial charge < -0.3 is 14.8 Å². The van der Waals surface area contributed by atoms with Gasteiger partial charge in [0.15, 0.2) is 17.5 Å². The second kappa shape index (κ2) is 6.60. The Morgan fingerprint density at radius 3 is 2.24 bits per heavy atom. The highest BCUT2D eigenvalue weighted by Crippen LogP contribution is 2.22. The highest BCUT2D eigenvalue weighted by molar-refractivity contribution is 5.69. The monoisotopic (exact) mass is 303 g/mol. The first-order valence-corrected chi connectivity index (χ1v) is 6.21. The lowest BCUT2D eigenvalue weighted by Gasteiger charge is -2.23. The molecule has 1 aromatic rings. The van der Waals surface area contributed by atoms with E-state index in [9.17, 15) is 22.8 Å². The Kier molecular flexibility index (Phi) is 5.34. The quantitative estimate of drug-likeness (QED) is 0.686. The molecule has 0 fully saturated rings. The molecule has 0 spiro atoms. The normalized spacial score (nSPS) is 12.7. The largest absolute Gasteiger partial charge is 0.444 e. The van der Waals surface area contributed by atoms with E-state index in [0.717, 1.165) is 12.1 Å². The van der Waals surface area contributed by atoms with E-state index in [4.69, 9.17) is 4.74 Å². The average molecular weight is 303 g/mol. The third-order valence-electron chi connectivity index (χ3n) is 2.43. The Labute approximate surface area is 120 Å². The molecule has 0 aliphatic heterocycles. The highest BCUT2D eigenvalue weighted by atomic mass is 19.2. The number of halogens is 3. The van der Waals surface area contributed by atoms with Gasteiger partial charge in [-0.2, -0.15) is 0 Å². The van der Waals surface area contributed by atoms with Crippen LogP contribution in [0, 0.1) is 17.5 Å². The van der Waals surface area contributed by atoms with Gasteiger partial charge in [0.2, 0.25) is 0 Å². The van der Waals surface area contributed by atoms with Gasteiger partial charge in [-0.1, -0.05) is 0 Å². The van der Waals surface area contributed by atoms with Crippen molar-refractivity contribution in [1.29, 1.82) is 0 Å². The van der Waals surface area contributed by atoms with Crippen LogP contribution in [0.25, 0.3) is 0 Å². The first-order valence-electron chi connectivity index (χ1n) is 6.21. The average Bonchev–Trinajstić information content (AvgIpc) is 2.32. The second-order valence-corrected chi connectivity index (χ2v) is 5.40.